The van der Waals surface area contributed by atoms with Gasteiger partial charge in [0.2, 0.25) is 0 Å². The molecule has 0 aromatic heterocycles. The molecule has 0 aliphatic rings. The zero-order valence-corrected chi connectivity index (χ0v) is 5.15. The Morgan fingerprint density at radius 1 is 1.30 bits per heavy atom. The molecular weight excluding hydrogens is 140 g/mol. The Balaban J connectivity index is 3.98. The molecule has 0 radical (unpaired) electrons. The number of hydrogen-bond acceptors (Lipinski definition) is 3. The second-order valence-corrected chi connectivity index (χ2v) is 1.51. The lowest BCUT2D eigenvalue weighted by Crippen LogP contribution is -2.38. The second-order valence-electron chi connectivity index (χ2n) is 1.51. The Morgan fingerprint density at radius 3 is 1.80 bits per heavy atom. The number of carboxylic acid groups (broad SMARTS) is 2. The number of nitrogens with two attached hydrogens (primary N) is 1. The van der Waals surface area contributed by atoms with Gasteiger partial charge < -0.3 is 15.9 Å². The maximum Gasteiger partial charge on any atom is 0.416 e. The van der Waals surface area contributed by atoms with Crippen LogP contribution in [0.2, 0.25) is 0 Å². The molecule has 0 aliphatic carbocycles. The maximum atomic E-state index is 10.0. The highest BCUT2D eigenvalue weighted by Crippen LogP contribution is 1.87. The number of nitrogens with zero attached hydrogens (tertiary/aromatic N) is 1. The predicted molar refractivity (Wildman–Crippen MR) is 31.8 cm³/mol. The van der Waals surface area contributed by atoms with Crippen molar-refractivity contribution < 1.29 is 19.8 Å². The first-order valence-electron chi connectivity index (χ1n) is 2.53. The summed E-state index contributed by atoms with van der Waals surface area (Å²) in [5, 5.41) is 16.3. The van der Waals surface area contributed by atoms with Crippen molar-refractivity contribution in [2.45, 2.75) is 0 Å². The largest absolute Gasteiger partial charge is 0.465 e. The van der Waals surface area contributed by atoms with E-state index in [-0.39, 0.29) is 18.0 Å². The molecule has 2 amide bonds. The molecule has 4 N–H and O–H groups in total. The Bertz CT molecular complexity index is 132. The van der Waals surface area contributed by atoms with Crippen LogP contribution in [0.25, 0.3) is 0 Å². The van der Waals surface area contributed by atoms with E-state index in [1.807, 2.05) is 0 Å². The van der Waals surface area contributed by atoms with Gasteiger partial charge in [-0.2, -0.15) is 0 Å². The van der Waals surface area contributed by atoms with Crippen molar-refractivity contribution in [3.63, 3.8) is 0 Å². The van der Waals surface area contributed by atoms with E-state index in [2.05, 4.69) is 0 Å². The zero-order chi connectivity index (χ0) is 8.15. The van der Waals surface area contributed by atoms with E-state index in [0.29, 0.717) is 0 Å². The van der Waals surface area contributed by atoms with Crippen molar-refractivity contribution in [3.05, 3.63) is 0 Å². The van der Waals surface area contributed by atoms with Gasteiger partial charge in [-0.3, -0.25) is 0 Å². The second kappa shape index (κ2) is 3.67. The third-order valence-electron chi connectivity index (χ3n) is 0.815. The van der Waals surface area contributed by atoms with Gasteiger partial charge in [-0.25, -0.2) is 14.5 Å². The molecule has 58 valence electrons. The van der Waals surface area contributed by atoms with Crippen LogP contribution in [0.5, 0.6) is 0 Å². The van der Waals surface area contributed by atoms with E-state index in [9.17, 15) is 9.59 Å². The molecule has 6 heteroatoms. The van der Waals surface area contributed by atoms with Crippen molar-refractivity contribution in [2.75, 3.05) is 13.1 Å². The normalized spacial score (nSPS) is 8.90. The lowest BCUT2D eigenvalue weighted by molar-refractivity contribution is 0.124. The first-order valence-corrected chi connectivity index (χ1v) is 2.53. The Hall–Kier alpha value is -1.30. The van der Waals surface area contributed by atoms with Crippen LogP contribution in [0.3, 0.4) is 0 Å². The molecule has 6 nitrogen and oxygen atoms in total. The summed E-state index contributed by atoms with van der Waals surface area (Å²) in [5.74, 6) is 0. The fraction of sp³-hybridized carbons (Fsp3) is 0.500. The first-order chi connectivity index (χ1) is 4.59. The molecule has 0 aromatic carbocycles. The summed E-state index contributed by atoms with van der Waals surface area (Å²) in [6.07, 6.45) is -3.00. The van der Waals surface area contributed by atoms with Crippen LogP contribution in [0.15, 0.2) is 0 Å². The molecule has 0 rings (SSSR count). The van der Waals surface area contributed by atoms with Gasteiger partial charge in [-0.1, -0.05) is 0 Å². The molecule has 0 spiro atoms. The molecule has 0 bridgehead atoms. The molecule has 0 saturated heterocycles. The monoisotopic (exact) mass is 148 g/mol. The van der Waals surface area contributed by atoms with E-state index < -0.39 is 12.2 Å². The summed E-state index contributed by atoms with van der Waals surface area (Å²) >= 11 is 0. The average molecular weight is 148 g/mol. The minimum atomic E-state index is -1.50. The van der Waals surface area contributed by atoms with Gasteiger partial charge in [0.1, 0.15) is 0 Å². The van der Waals surface area contributed by atoms with Gasteiger partial charge in [0.15, 0.2) is 0 Å². The number of carbonyl (C=O) groups is 2. The molecule has 0 saturated carbocycles. The summed E-state index contributed by atoms with van der Waals surface area (Å²) in [6, 6.07) is 0. The highest BCUT2D eigenvalue weighted by atomic mass is 16.4. The minimum absolute atomic E-state index is 0.00139. The summed E-state index contributed by atoms with van der Waals surface area (Å²) in [5.41, 5.74) is 4.94. The van der Waals surface area contributed by atoms with Crippen LogP contribution in [-0.4, -0.2) is 40.4 Å². The molecular formula is C4H8N2O4. The van der Waals surface area contributed by atoms with Crippen LogP contribution in [0.4, 0.5) is 9.59 Å². The smallest absolute Gasteiger partial charge is 0.416 e. The lowest BCUT2D eigenvalue weighted by atomic mass is 10.6. The van der Waals surface area contributed by atoms with E-state index in [0.717, 1.165) is 0 Å². The van der Waals surface area contributed by atoms with Crippen molar-refractivity contribution in [2.24, 2.45) is 5.73 Å². The summed E-state index contributed by atoms with van der Waals surface area (Å²) in [6.45, 7) is -0.191. The minimum Gasteiger partial charge on any atom is -0.465 e. The van der Waals surface area contributed by atoms with Crippen LogP contribution in [0.1, 0.15) is 0 Å². The van der Waals surface area contributed by atoms with Crippen LogP contribution >= 0.6 is 0 Å². The Kier molecular flexibility index (Phi) is 3.20. The number of rotatable bonds is 2. The molecule has 0 fully saturated rings. The molecule has 0 aromatic rings. The SMILES string of the molecule is NCCN(C(=O)O)C(=O)O. The van der Waals surface area contributed by atoms with Crippen LogP contribution in [0, 0.1) is 0 Å². The van der Waals surface area contributed by atoms with Gasteiger partial charge >= 0.3 is 12.2 Å². The predicted octanol–water partition coefficient (Wildman–Crippen LogP) is -0.397. The molecule has 0 atom stereocenters. The van der Waals surface area contributed by atoms with E-state index in [4.69, 9.17) is 15.9 Å². The van der Waals surface area contributed by atoms with E-state index in [1.54, 1.807) is 0 Å². The van der Waals surface area contributed by atoms with Gasteiger partial charge in [0.05, 0.1) is 0 Å². The third-order valence-corrected chi connectivity index (χ3v) is 0.815. The molecule has 10 heavy (non-hydrogen) atoms. The topological polar surface area (TPSA) is 104 Å². The molecule has 0 heterocycles. The molecule has 0 aliphatic heterocycles. The van der Waals surface area contributed by atoms with Crippen molar-refractivity contribution in [1.82, 2.24) is 4.90 Å². The van der Waals surface area contributed by atoms with Gasteiger partial charge in [-0.05, 0) is 0 Å². The highest BCUT2D eigenvalue weighted by Gasteiger charge is 2.17. The summed E-state index contributed by atoms with van der Waals surface area (Å²) in [4.78, 5) is 20.3. The fourth-order valence-corrected chi connectivity index (χ4v) is 0.402. The number of amides is 2. The summed E-state index contributed by atoms with van der Waals surface area (Å²) < 4.78 is 0. The van der Waals surface area contributed by atoms with Gasteiger partial charge in [-0.15, -0.1) is 0 Å². The maximum absolute atomic E-state index is 10.0. The zero-order valence-electron chi connectivity index (χ0n) is 5.15. The number of imide groups is 1. The molecule has 0 unspecified atom stereocenters. The quantitative estimate of drug-likeness (QED) is 0.494. The van der Waals surface area contributed by atoms with Crippen LogP contribution in [-0.2, 0) is 0 Å². The van der Waals surface area contributed by atoms with Gasteiger partial charge in [0.25, 0.3) is 0 Å². The van der Waals surface area contributed by atoms with E-state index in [1.165, 1.54) is 0 Å². The van der Waals surface area contributed by atoms with E-state index >= 15 is 0 Å². The Morgan fingerprint density at radius 2 is 1.70 bits per heavy atom. The summed E-state index contributed by atoms with van der Waals surface area (Å²) in [7, 11) is 0. The van der Waals surface area contributed by atoms with Crippen molar-refractivity contribution in [3.8, 4) is 0 Å². The van der Waals surface area contributed by atoms with Crippen LogP contribution < -0.4 is 5.73 Å². The van der Waals surface area contributed by atoms with Gasteiger partial charge in [0, 0.05) is 13.1 Å². The fourth-order valence-electron chi connectivity index (χ4n) is 0.402. The first kappa shape index (κ1) is 8.70. The average Bonchev–Trinajstić information content (AvgIpc) is 1.81. The third kappa shape index (κ3) is 2.31. The Labute approximate surface area is 56.8 Å². The number of hydrogen-bond donors (Lipinski definition) is 3. The lowest BCUT2D eigenvalue weighted by Gasteiger charge is -2.10. The standard InChI is InChI=1S/C4H8N2O4/c5-1-2-6(3(7)8)4(9)10/h1-2,5H2,(H,7,8)(H,9,10). The van der Waals surface area contributed by atoms with Crippen molar-refractivity contribution >= 4 is 12.2 Å². The highest BCUT2D eigenvalue weighted by molar-refractivity contribution is 5.85. The van der Waals surface area contributed by atoms with Crippen molar-refractivity contribution in [1.29, 1.82) is 0 Å².